The molecule has 2 rings (SSSR count). The van der Waals surface area contributed by atoms with Gasteiger partial charge in [0.05, 0.1) is 9.92 Å². The number of hydrogen-bond acceptors (Lipinski definition) is 4. The highest BCUT2D eigenvalue weighted by atomic mass is 35.7. The van der Waals surface area contributed by atoms with E-state index in [-0.39, 0.29) is 16.2 Å². The molecule has 130 valence electrons. The molecule has 0 atom stereocenters. The third kappa shape index (κ3) is 3.76. The molecule has 0 unspecified atom stereocenters. The number of pyridine rings is 1. The van der Waals surface area contributed by atoms with Gasteiger partial charge in [0.15, 0.2) is 0 Å². The summed E-state index contributed by atoms with van der Waals surface area (Å²) in [5.74, 6) is -0.712. The van der Waals surface area contributed by atoms with Gasteiger partial charge < -0.3 is 4.74 Å². The van der Waals surface area contributed by atoms with E-state index in [9.17, 15) is 21.6 Å². The van der Waals surface area contributed by atoms with Gasteiger partial charge in [-0.1, -0.05) is 11.6 Å². The largest absolute Gasteiger partial charge is 0.438 e. The van der Waals surface area contributed by atoms with Crippen molar-refractivity contribution in [3.05, 3.63) is 46.1 Å². The molecule has 0 saturated heterocycles. The molecule has 0 aliphatic carbocycles. The van der Waals surface area contributed by atoms with E-state index >= 15 is 0 Å². The SMILES string of the molecule is Cc1c(Oc2nccc(Cl)c2C(F)(F)F)ccc(S(=O)(=O)Cl)c1C. The third-order valence-corrected chi connectivity index (χ3v) is 5.09. The summed E-state index contributed by atoms with van der Waals surface area (Å²) in [5, 5.41) is -0.554. The summed E-state index contributed by atoms with van der Waals surface area (Å²) in [6, 6.07) is 3.36. The number of ether oxygens (including phenoxy) is 1. The summed E-state index contributed by atoms with van der Waals surface area (Å²) < 4.78 is 67.5. The fourth-order valence-electron chi connectivity index (χ4n) is 2.00. The van der Waals surface area contributed by atoms with Crippen molar-refractivity contribution in [2.75, 3.05) is 0 Å². The molecule has 1 heterocycles. The minimum atomic E-state index is -4.76. The lowest BCUT2D eigenvalue weighted by Crippen LogP contribution is -2.10. The fraction of sp³-hybridized carbons (Fsp3) is 0.214. The predicted octanol–water partition coefficient (Wildman–Crippen LogP) is 5.09. The number of alkyl halides is 3. The predicted molar refractivity (Wildman–Crippen MR) is 83.3 cm³/mol. The standard InChI is InChI=1S/C14H10Cl2F3NO3S/c1-7-8(2)11(24(16,21)22)4-3-10(7)23-13-12(14(17,18)19)9(15)5-6-20-13/h3-6H,1-2H3. The van der Waals surface area contributed by atoms with Crippen molar-refractivity contribution in [1.29, 1.82) is 0 Å². The van der Waals surface area contributed by atoms with Crippen LogP contribution in [-0.2, 0) is 15.2 Å². The number of nitrogens with zero attached hydrogens (tertiary/aromatic N) is 1. The normalized spacial score (nSPS) is 12.3. The Bertz CT molecular complexity index is 899. The molecule has 0 saturated carbocycles. The van der Waals surface area contributed by atoms with E-state index in [1.54, 1.807) is 0 Å². The van der Waals surface area contributed by atoms with E-state index in [0.717, 1.165) is 18.3 Å². The van der Waals surface area contributed by atoms with Crippen LogP contribution in [-0.4, -0.2) is 13.4 Å². The first-order chi connectivity index (χ1) is 10.9. The van der Waals surface area contributed by atoms with E-state index in [1.807, 2.05) is 0 Å². The summed E-state index contributed by atoms with van der Waals surface area (Å²) in [7, 11) is 1.32. The molecule has 0 amide bonds. The number of hydrogen-bond donors (Lipinski definition) is 0. The summed E-state index contributed by atoms with van der Waals surface area (Å²) >= 11 is 5.60. The molecule has 2 aromatic rings. The van der Waals surface area contributed by atoms with Crippen molar-refractivity contribution in [3.63, 3.8) is 0 Å². The average Bonchev–Trinajstić information content (AvgIpc) is 2.41. The fourth-order valence-corrected chi connectivity index (χ4v) is 3.50. The molecule has 10 heteroatoms. The molecule has 0 radical (unpaired) electrons. The van der Waals surface area contributed by atoms with Crippen molar-refractivity contribution in [3.8, 4) is 11.6 Å². The first-order valence-corrected chi connectivity index (χ1v) is 9.06. The van der Waals surface area contributed by atoms with E-state index < -0.39 is 31.7 Å². The lowest BCUT2D eigenvalue weighted by Gasteiger charge is -2.16. The van der Waals surface area contributed by atoms with Gasteiger partial charge in [0, 0.05) is 16.9 Å². The molecule has 0 aliphatic rings. The third-order valence-electron chi connectivity index (χ3n) is 3.31. The molecule has 1 aromatic carbocycles. The summed E-state index contributed by atoms with van der Waals surface area (Å²) in [6.45, 7) is 2.96. The second kappa shape index (κ2) is 6.42. The van der Waals surface area contributed by atoms with Crippen LogP contribution in [0.3, 0.4) is 0 Å². The van der Waals surface area contributed by atoms with E-state index in [0.29, 0.717) is 5.56 Å². The molecule has 0 N–H and O–H groups in total. The first-order valence-electron chi connectivity index (χ1n) is 6.37. The zero-order valence-electron chi connectivity index (χ0n) is 12.3. The van der Waals surface area contributed by atoms with Crippen LogP contribution in [0.15, 0.2) is 29.3 Å². The van der Waals surface area contributed by atoms with Gasteiger partial charge in [0.2, 0.25) is 5.88 Å². The number of benzene rings is 1. The molecule has 4 nitrogen and oxygen atoms in total. The molecule has 0 aliphatic heterocycles. The highest BCUT2D eigenvalue weighted by molar-refractivity contribution is 8.13. The van der Waals surface area contributed by atoms with Crippen molar-refractivity contribution in [2.24, 2.45) is 0 Å². The number of halogens is 5. The number of aromatic nitrogens is 1. The lowest BCUT2D eigenvalue weighted by atomic mass is 10.1. The van der Waals surface area contributed by atoms with Crippen LogP contribution < -0.4 is 4.74 Å². The zero-order chi connectivity index (χ0) is 18.3. The molecule has 0 fully saturated rings. The van der Waals surface area contributed by atoms with Crippen LogP contribution in [0, 0.1) is 13.8 Å². The zero-order valence-corrected chi connectivity index (χ0v) is 14.6. The molecule has 0 spiro atoms. The minimum Gasteiger partial charge on any atom is -0.438 e. The van der Waals surface area contributed by atoms with Crippen molar-refractivity contribution in [2.45, 2.75) is 24.9 Å². The van der Waals surface area contributed by atoms with Crippen LogP contribution in [0.25, 0.3) is 0 Å². The van der Waals surface area contributed by atoms with Crippen molar-refractivity contribution < 1.29 is 26.3 Å². The quantitative estimate of drug-likeness (QED) is 0.674. The highest BCUT2D eigenvalue weighted by Crippen LogP contribution is 2.42. The Morgan fingerprint density at radius 2 is 1.75 bits per heavy atom. The molecular weight excluding hydrogens is 390 g/mol. The average molecular weight is 400 g/mol. The van der Waals surface area contributed by atoms with Gasteiger partial charge in [-0.15, -0.1) is 0 Å². The van der Waals surface area contributed by atoms with Crippen LogP contribution >= 0.6 is 22.3 Å². The van der Waals surface area contributed by atoms with Crippen molar-refractivity contribution in [1.82, 2.24) is 4.98 Å². The van der Waals surface area contributed by atoms with Gasteiger partial charge in [-0.2, -0.15) is 13.2 Å². The Morgan fingerprint density at radius 1 is 1.12 bits per heavy atom. The van der Waals surface area contributed by atoms with Gasteiger partial charge in [-0.05, 0) is 43.2 Å². The Kier molecular flexibility index (Phi) is 5.03. The highest BCUT2D eigenvalue weighted by Gasteiger charge is 2.38. The van der Waals surface area contributed by atoms with Gasteiger partial charge in [0.25, 0.3) is 9.05 Å². The van der Waals surface area contributed by atoms with E-state index in [4.69, 9.17) is 27.0 Å². The van der Waals surface area contributed by atoms with Crippen molar-refractivity contribution >= 4 is 31.3 Å². The Labute approximate surface area is 145 Å². The van der Waals surface area contributed by atoms with Crippen LogP contribution in [0.4, 0.5) is 13.2 Å². The molecule has 1 aromatic heterocycles. The molecular formula is C14H10Cl2F3NO3S. The first kappa shape index (κ1) is 18.8. The van der Waals surface area contributed by atoms with Gasteiger partial charge in [0.1, 0.15) is 11.3 Å². The second-order valence-corrected chi connectivity index (χ2v) is 7.76. The lowest BCUT2D eigenvalue weighted by molar-refractivity contribution is -0.138. The Balaban J connectivity index is 2.55. The molecule has 0 bridgehead atoms. The maximum atomic E-state index is 13.1. The Hall–Kier alpha value is -1.51. The van der Waals surface area contributed by atoms with Crippen LogP contribution in [0.2, 0.25) is 5.02 Å². The van der Waals surface area contributed by atoms with Gasteiger partial charge >= 0.3 is 6.18 Å². The minimum absolute atomic E-state index is 0.0110. The van der Waals surface area contributed by atoms with Crippen LogP contribution in [0.5, 0.6) is 11.6 Å². The van der Waals surface area contributed by atoms with E-state index in [1.165, 1.54) is 19.9 Å². The smallest absolute Gasteiger partial charge is 0.423 e. The van der Waals surface area contributed by atoms with Crippen LogP contribution in [0.1, 0.15) is 16.7 Å². The topological polar surface area (TPSA) is 56.3 Å². The number of rotatable bonds is 3. The monoisotopic (exact) mass is 399 g/mol. The maximum Gasteiger partial charge on any atom is 0.423 e. The summed E-state index contributed by atoms with van der Waals surface area (Å²) in [5.41, 5.74) is -0.637. The summed E-state index contributed by atoms with van der Waals surface area (Å²) in [6.07, 6.45) is -3.68. The van der Waals surface area contributed by atoms with Gasteiger partial charge in [-0.3, -0.25) is 0 Å². The maximum absolute atomic E-state index is 13.1. The summed E-state index contributed by atoms with van der Waals surface area (Å²) in [4.78, 5) is 3.42. The molecule has 24 heavy (non-hydrogen) atoms. The van der Waals surface area contributed by atoms with E-state index in [2.05, 4.69) is 4.98 Å². The second-order valence-electron chi connectivity index (χ2n) is 4.82. The van der Waals surface area contributed by atoms with Gasteiger partial charge in [-0.25, -0.2) is 13.4 Å². The Morgan fingerprint density at radius 3 is 2.29 bits per heavy atom.